The molecule has 3 aromatic carbocycles. The Morgan fingerprint density at radius 1 is 0.972 bits per heavy atom. The molecule has 3 atom stereocenters. The van der Waals surface area contributed by atoms with E-state index in [9.17, 15) is 14.3 Å². The molecule has 1 fully saturated rings. The van der Waals surface area contributed by atoms with Crippen LogP contribution in [0.25, 0.3) is 0 Å². The van der Waals surface area contributed by atoms with Crippen molar-refractivity contribution in [3.8, 4) is 0 Å². The third-order valence-corrected chi connectivity index (χ3v) is 6.87. The minimum absolute atomic E-state index is 0.107. The summed E-state index contributed by atoms with van der Waals surface area (Å²) in [4.78, 5) is 13.6. The fourth-order valence-corrected chi connectivity index (χ4v) is 4.90. The van der Waals surface area contributed by atoms with Gasteiger partial charge in [-0.05, 0) is 54.1 Å². The highest BCUT2D eigenvalue weighted by Gasteiger charge is 2.32. The molecule has 5 nitrogen and oxygen atoms in total. The number of nitrogens with zero attached hydrogens (tertiary/aromatic N) is 1. The van der Waals surface area contributed by atoms with Crippen LogP contribution >= 0.6 is 0 Å². The standard InChI is InChI=1S/C30H34FNO4/c1-22(33)36-21-28(23-12-14-27(31)15-13-23)32-18-16-24(29(34)20-32)17-19-35-30(25-8-4-2-5-9-25)26-10-6-3-7-11-26/h2-15,24,28-30,34H,16-21H2,1H3/t24-,28-,29+/m0/s1. The fraction of sp³-hybridized carbons (Fsp3) is 0.367. The lowest BCUT2D eigenvalue weighted by atomic mass is 9.89. The van der Waals surface area contributed by atoms with E-state index < -0.39 is 6.10 Å². The Balaban J connectivity index is 1.36. The first-order chi connectivity index (χ1) is 17.5. The van der Waals surface area contributed by atoms with Crippen LogP contribution in [-0.2, 0) is 14.3 Å². The first-order valence-corrected chi connectivity index (χ1v) is 12.5. The van der Waals surface area contributed by atoms with Crippen molar-refractivity contribution in [2.24, 2.45) is 5.92 Å². The normalized spacial score (nSPS) is 19.2. The van der Waals surface area contributed by atoms with Gasteiger partial charge in [0.05, 0.1) is 12.1 Å². The van der Waals surface area contributed by atoms with Crippen LogP contribution in [0, 0.1) is 11.7 Å². The molecule has 0 bridgehead atoms. The highest BCUT2D eigenvalue weighted by molar-refractivity contribution is 5.65. The van der Waals surface area contributed by atoms with Crippen LogP contribution in [0.2, 0.25) is 0 Å². The lowest BCUT2D eigenvalue weighted by Gasteiger charge is -2.40. The molecular weight excluding hydrogens is 457 g/mol. The number of β-amino-alcohol motifs (C(OH)–C–C–N with tert-alkyl or cyclic N) is 1. The van der Waals surface area contributed by atoms with E-state index in [1.165, 1.54) is 19.1 Å². The van der Waals surface area contributed by atoms with Crippen molar-refractivity contribution in [3.63, 3.8) is 0 Å². The average molecular weight is 492 g/mol. The van der Waals surface area contributed by atoms with Crippen molar-refractivity contribution in [2.75, 3.05) is 26.3 Å². The van der Waals surface area contributed by atoms with Gasteiger partial charge in [0.1, 0.15) is 18.5 Å². The summed E-state index contributed by atoms with van der Waals surface area (Å²) < 4.78 is 25.1. The van der Waals surface area contributed by atoms with E-state index in [2.05, 4.69) is 29.2 Å². The zero-order chi connectivity index (χ0) is 25.3. The van der Waals surface area contributed by atoms with Gasteiger partial charge in [-0.15, -0.1) is 0 Å². The van der Waals surface area contributed by atoms with E-state index >= 15 is 0 Å². The van der Waals surface area contributed by atoms with Crippen molar-refractivity contribution < 1.29 is 23.8 Å². The number of likely N-dealkylation sites (tertiary alicyclic amines) is 1. The molecule has 0 amide bonds. The number of hydrogen-bond donors (Lipinski definition) is 1. The van der Waals surface area contributed by atoms with Crippen LogP contribution in [0.5, 0.6) is 0 Å². The second kappa shape index (κ2) is 12.8. The number of benzene rings is 3. The van der Waals surface area contributed by atoms with Crippen molar-refractivity contribution in [1.29, 1.82) is 0 Å². The minimum atomic E-state index is -0.533. The lowest BCUT2D eigenvalue weighted by molar-refractivity contribution is -0.143. The highest BCUT2D eigenvalue weighted by Crippen LogP contribution is 2.31. The largest absolute Gasteiger partial charge is 0.464 e. The van der Waals surface area contributed by atoms with Gasteiger partial charge in [-0.2, -0.15) is 0 Å². The maximum atomic E-state index is 13.5. The topological polar surface area (TPSA) is 59.0 Å². The SMILES string of the molecule is CC(=O)OC[C@@H](c1ccc(F)cc1)N1CC[C@@H](CCOC(c2ccccc2)c2ccccc2)[C@H](O)C1. The van der Waals surface area contributed by atoms with Gasteiger partial charge < -0.3 is 14.6 Å². The summed E-state index contributed by atoms with van der Waals surface area (Å²) in [7, 11) is 0. The number of esters is 1. The van der Waals surface area contributed by atoms with Gasteiger partial charge in [0.2, 0.25) is 0 Å². The zero-order valence-electron chi connectivity index (χ0n) is 20.6. The molecule has 3 aromatic rings. The fourth-order valence-electron chi connectivity index (χ4n) is 4.90. The van der Waals surface area contributed by atoms with Crippen LogP contribution in [0.1, 0.15) is 48.6 Å². The van der Waals surface area contributed by atoms with Gasteiger partial charge in [-0.3, -0.25) is 9.69 Å². The Labute approximate surface area is 212 Å². The molecule has 1 aliphatic heterocycles. The third kappa shape index (κ3) is 7.00. The Bertz CT molecular complexity index is 1040. The number of carbonyl (C=O) groups excluding carboxylic acids is 1. The minimum Gasteiger partial charge on any atom is -0.464 e. The molecule has 1 heterocycles. The molecule has 190 valence electrons. The van der Waals surface area contributed by atoms with Crippen LogP contribution in [0.3, 0.4) is 0 Å². The van der Waals surface area contributed by atoms with Crippen molar-refractivity contribution in [1.82, 2.24) is 4.90 Å². The van der Waals surface area contributed by atoms with Crippen LogP contribution in [0.4, 0.5) is 4.39 Å². The number of piperidine rings is 1. The summed E-state index contributed by atoms with van der Waals surface area (Å²) in [5.41, 5.74) is 3.07. The number of halogens is 1. The Hall–Kier alpha value is -3.06. The number of hydrogen-bond acceptors (Lipinski definition) is 5. The van der Waals surface area contributed by atoms with Gasteiger partial charge in [0.15, 0.2) is 0 Å². The van der Waals surface area contributed by atoms with Gasteiger partial charge in [0, 0.05) is 20.1 Å². The first kappa shape index (κ1) is 26.0. The maximum absolute atomic E-state index is 13.5. The number of aliphatic hydroxyl groups is 1. The molecule has 0 aromatic heterocycles. The molecule has 0 spiro atoms. The van der Waals surface area contributed by atoms with E-state index in [0.29, 0.717) is 13.2 Å². The second-order valence-electron chi connectivity index (χ2n) is 9.34. The molecular formula is C30H34FNO4. The Kier molecular flexibility index (Phi) is 9.23. The second-order valence-corrected chi connectivity index (χ2v) is 9.34. The van der Waals surface area contributed by atoms with E-state index in [-0.39, 0.29) is 36.5 Å². The number of aliphatic hydroxyl groups excluding tert-OH is 1. The van der Waals surface area contributed by atoms with Crippen molar-refractivity contribution in [2.45, 2.75) is 38.0 Å². The summed E-state index contributed by atoms with van der Waals surface area (Å²) >= 11 is 0. The molecule has 0 aliphatic carbocycles. The van der Waals surface area contributed by atoms with E-state index in [1.807, 2.05) is 36.4 Å². The Morgan fingerprint density at radius 2 is 1.58 bits per heavy atom. The summed E-state index contributed by atoms with van der Waals surface area (Å²) in [6, 6.07) is 26.4. The number of ether oxygens (including phenoxy) is 2. The molecule has 1 N–H and O–H groups in total. The van der Waals surface area contributed by atoms with Crippen molar-refractivity contribution in [3.05, 3.63) is 107 Å². The predicted octanol–water partition coefficient (Wildman–Crippen LogP) is 5.31. The molecule has 0 saturated carbocycles. The molecule has 6 heteroatoms. The van der Waals surface area contributed by atoms with Crippen LogP contribution in [-0.4, -0.2) is 48.4 Å². The molecule has 1 aliphatic rings. The summed E-state index contributed by atoms with van der Waals surface area (Å²) in [5, 5.41) is 11.0. The van der Waals surface area contributed by atoms with E-state index in [1.54, 1.807) is 12.1 Å². The smallest absolute Gasteiger partial charge is 0.302 e. The molecule has 0 radical (unpaired) electrons. The third-order valence-electron chi connectivity index (χ3n) is 6.87. The molecule has 4 rings (SSSR count). The summed E-state index contributed by atoms with van der Waals surface area (Å²) in [5.74, 6) is -0.565. The van der Waals surface area contributed by atoms with Gasteiger partial charge in [-0.1, -0.05) is 72.8 Å². The maximum Gasteiger partial charge on any atom is 0.302 e. The highest BCUT2D eigenvalue weighted by atomic mass is 19.1. The van der Waals surface area contributed by atoms with Gasteiger partial charge >= 0.3 is 5.97 Å². The predicted molar refractivity (Wildman–Crippen MR) is 137 cm³/mol. The lowest BCUT2D eigenvalue weighted by Crippen LogP contribution is -2.46. The van der Waals surface area contributed by atoms with Crippen molar-refractivity contribution >= 4 is 5.97 Å². The Morgan fingerprint density at radius 3 is 2.14 bits per heavy atom. The molecule has 36 heavy (non-hydrogen) atoms. The number of rotatable bonds is 10. The molecule has 1 saturated heterocycles. The van der Waals surface area contributed by atoms with E-state index in [0.717, 1.165) is 36.1 Å². The monoisotopic (exact) mass is 491 g/mol. The van der Waals surface area contributed by atoms with Gasteiger partial charge in [-0.25, -0.2) is 4.39 Å². The summed E-state index contributed by atoms with van der Waals surface area (Å²) in [6.07, 6.45) is 0.853. The number of carbonyl (C=O) groups is 1. The van der Waals surface area contributed by atoms with Gasteiger partial charge in [0.25, 0.3) is 0 Å². The van der Waals surface area contributed by atoms with Crippen LogP contribution < -0.4 is 0 Å². The average Bonchev–Trinajstić information content (AvgIpc) is 2.89. The zero-order valence-corrected chi connectivity index (χ0v) is 20.6. The summed E-state index contributed by atoms with van der Waals surface area (Å²) in [6.45, 7) is 3.27. The van der Waals surface area contributed by atoms with E-state index in [4.69, 9.17) is 9.47 Å². The van der Waals surface area contributed by atoms with Crippen LogP contribution in [0.15, 0.2) is 84.9 Å². The quantitative estimate of drug-likeness (QED) is 0.390. The molecule has 0 unspecified atom stereocenters. The first-order valence-electron chi connectivity index (χ1n) is 12.5.